The smallest absolute Gasteiger partial charge is 0.335 e. The molecular formula is C27H23FN6O5. The first-order valence-corrected chi connectivity index (χ1v) is 12.0. The molecule has 2 aromatic heterocycles. The van der Waals surface area contributed by atoms with Crippen molar-refractivity contribution in [2.24, 2.45) is 5.73 Å². The van der Waals surface area contributed by atoms with E-state index in [9.17, 15) is 28.7 Å². The van der Waals surface area contributed by atoms with Crippen molar-refractivity contribution >= 4 is 29.3 Å². The van der Waals surface area contributed by atoms with E-state index in [1.165, 1.54) is 24.4 Å². The Morgan fingerprint density at radius 2 is 1.92 bits per heavy atom. The third kappa shape index (κ3) is 4.91. The number of fused-ring (bicyclic) bond motifs is 2. The maximum atomic E-state index is 13.6. The molecule has 0 bridgehead atoms. The van der Waals surface area contributed by atoms with Crippen LogP contribution in [0.2, 0.25) is 0 Å². The van der Waals surface area contributed by atoms with Gasteiger partial charge in [-0.05, 0) is 60.2 Å². The summed E-state index contributed by atoms with van der Waals surface area (Å²) in [7, 11) is 0. The number of aryl methyl sites for hydroxylation is 2. The van der Waals surface area contributed by atoms with Crippen LogP contribution in [0.15, 0.2) is 48.7 Å². The number of rotatable bonds is 7. The number of carboxylic acid groups (broad SMARTS) is 1. The second kappa shape index (κ2) is 9.97. The van der Waals surface area contributed by atoms with E-state index in [1.54, 1.807) is 31.2 Å². The molecule has 4 aromatic rings. The van der Waals surface area contributed by atoms with Crippen LogP contribution >= 0.6 is 0 Å². The molecule has 39 heavy (non-hydrogen) atoms. The van der Waals surface area contributed by atoms with Crippen LogP contribution in [0.25, 0.3) is 5.65 Å². The number of benzene rings is 2. The molecule has 1 aliphatic carbocycles. The SMILES string of the molecule is Cc1cc(CNC(=O)c2cc(C(=O)N[C@H]3CCc4cc(C(=O)O)ccc43)nc3c(C(N)=O)cnn23)ccc1F. The van der Waals surface area contributed by atoms with Gasteiger partial charge < -0.3 is 21.5 Å². The van der Waals surface area contributed by atoms with Gasteiger partial charge in [0.1, 0.15) is 22.8 Å². The molecule has 0 fully saturated rings. The van der Waals surface area contributed by atoms with Gasteiger partial charge in [0.2, 0.25) is 0 Å². The van der Waals surface area contributed by atoms with Crippen molar-refractivity contribution in [1.29, 1.82) is 0 Å². The van der Waals surface area contributed by atoms with Gasteiger partial charge in [-0.15, -0.1) is 0 Å². The second-order valence-corrected chi connectivity index (χ2v) is 9.23. The summed E-state index contributed by atoms with van der Waals surface area (Å²) < 4.78 is 14.7. The lowest BCUT2D eigenvalue weighted by atomic mass is 10.0. The Balaban J connectivity index is 1.44. The highest BCUT2D eigenvalue weighted by molar-refractivity contribution is 6.02. The number of carbonyl (C=O) groups excluding carboxylic acids is 3. The molecule has 5 rings (SSSR count). The van der Waals surface area contributed by atoms with Gasteiger partial charge in [0, 0.05) is 12.6 Å². The molecule has 1 aliphatic rings. The summed E-state index contributed by atoms with van der Waals surface area (Å²) in [4.78, 5) is 53.9. The molecule has 11 nitrogen and oxygen atoms in total. The fourth-order valence-electron chi connectivity index (χ4n) is 4.64. The first-order valence-electron chi connectivity index (χ1n) is 12.0. The zero-order valence-corrected chi connectivity index (χ0v) is 20.7. The number of primary amides is 1. The minimum atomic E-state index is -1.03. The third-order valence-electron chi connectivity index (χ3n) is 6.65. The summed E-state index contributed by atoms with van der Waals surface area (Å²) in [5, 5.41) is 18.9. The zero-order valence-electron chi connectivity index (χ0n) is 20.7. The van der Waals surface area contributed by atoms with Gasteiger partial charge in [-0.2, -0.15) is 5.10 Å². The molecule has 0 radical (unpaired) electrons. The monoisotopic (exact) mass is 530 g/mol. The molecule has 198 valence electrons. The first-order chi connectivity index (χ1) is 18.6. The molecule has 0 spiro atoms. The van der Waals surface area contributed by atoms with Gasteiger partial charge in [-0.1, -0.05) is 18.2 Å². The summed E-state index contributed by atoms with van der Waals surface area (Å²) in [6, 6.07) is 10.1. The number of carboxylic acids is 1. The first kappa shape index (κ1) is 25.5. The number of nitrogens with one attached hydrogen (secondary N) is 2. The summed E-state index contributed by atoms with van der Waals surface area (Å²) in [5.74, 6) is -3.43. The van der Waals surface area contributed by atoms with Crippen LogP contribution in [0, 0.1) is 12.7 Å². The fraction of sp³-hybridized carbons (Fsp3) is 0.185. The van der Waals surface area contributed by atoms with Gasteiger partial charge in [0.25, 0.3) is 17.7 Å². The molecule has 1 atom stereocenters. The molecule has 0 saturated carbocycles. The van der Waals surface area contributed by atoms with E-state index >= 15 is 0 Å². The Hall–Kier alpha value is -5.13. The number of hydrogen-bond donors (Lipinski definition) is 4. The van der Waals surface area contributed by atoms with Crippen LogP contribution in [0.5, 0.6) is 0 Å². The molecular weight excluding hydrogens is 507 g/mol. The number of carbonyl (C=O) groups is 4. The normalized spacial score (nSPS) is 14.2. The van der Waals surface area contributed by atoms with Gasteiger partial charge in [0.15, 0.2) is 5.65 Å². The molecule has 2 aromatic carbocycles. The Bertz CT molecular complexity index is 1680. The summed E-state index contributed by atoms with van der Waals surface area (Å²) in [5.41, 5.74) is 8.00. The van der Waals surface area contributed by atoms with Crippen LogP contribution < -0.4 is 16.4 Å². The Morgan fingerprint density at radius 3 is 2.64 bits per heavy atom. The number of amides is 3. The van der Waals surface area contributed by atoms with Crippen molar-refractivity contribution in [3.8, 4) is 0 Å². The summed E-state index contributed by atoms with van der Waals surface area (Å²) in [6.07, 6.45) is 2.30. The second-order valence-electron chi connectivity index (χ2n) is 9.23. The minimum absolute atomic E-state index is 0.0594. The van der Waals surface area contributed by atoms with Crippen LogP contribution in [-0.4, -0.2) is 43.4 Å². The van der Waals surface area contributed by atoms with Crippen molar-refractivity contribution in [2.45, 2.75) is 32.4 Å². The molecule has 0 saturated heterocycles. The average molecular weight is 531 g/mol. The lowest BCUT2D eigenvalue weighted by Gasteiger charge is -2.15. The van der Waals surface area contributed by atoms with E-state index in [0.29, 0.717) is 24.0 Å². The predicted molar refractivity (Wildman–Crippen MR) is 136 cm³/mol. The van der Waals surface area contributed by atoms with E-state index in [2.05, 4.69) is 20.7 Å². The van der Waals surface area contributed by atoms with Crippen molar-refractivity contribution in [3.63, 3.8) is 0 Å². The van der Waals surface area contributed by atoms with Gasteiger partial charge in [-0.25, -0.2) is 18.7 Å². The quantitative estimate of drug-likeness (QED) is 0.284. The Morgan fingerprint density at radius 1 is 1.13 bits per heavy atom. The Labute approximate surface area is 220 Å². The summed E-state index contributed by atoms with van der Waals surface area (Å²) in [6.45, 7) is 1.69. The van der Waals surface area contributed by atoms with Crippen LogP contribution in [0.3, 0.4) is 0 Å². The molecule has 12 heteroatoms. The standard InChI is InChI=1S/C27H23FN6O5/c1-13-8-14(2-6-19(13)28)11-30-26(37)22-10-21(32-24-18(23(29)35)12-31-34(22)24)25(36)33-20-7-4-15-9-16(27(38)39)3-5-17(15)20/h2-3,5-6,8-10,12,20H,4,7,11H2,1H3,(H2,29,35)(H,30,37)(H,33,36)(H,38,39)/t20-/m0/s1. The molecule has 0 aliphatic heterocycles. The highest BCUT2D eigenvalue weighted by Crippen LogP contribution is 2.32. The number of nitrogens with zero attached hydrogens (tertiary/aromatic N) is 3. The van der Waals surface area contributed by atoms with Gasteiger partial charge in [-0.3, -0.25) is 14.4 Å². The Kier molecular flexibility index (Phi) is 6.52. The third-order valence-corrected chi connectivity index (χ3v) is 6.65. The van der Waals surface area contributed by atoms with Crippen LogP contribution in [0.4, 0.5) is 4.39 Å². The predicted octanol–water partition coefficient (Wildman–Crippen LogP) is 2.32. The van der Waals surface area contributed by atoms with Crippen LogP contribution in [0.1, 0.15) is 76.4 Å². The van der Waals surface area contributed by atoms with Crippen LogP contribution in [-0.2, 0) is 13.0 Å². The van der Waals surface area contributed by atoms with Crippen molar-refractivity contribution in [3.05, 3.63) is 99.2 Å². The summed E-state index contributed by atoms with van der Waals surface area (Å²) >= 11 is 0. The van der Waals surface area contributed by atoms with E-state index in [4.69, 9.17) is 5.73 Å². The minimum Gasteiger partial charge on any atom is -0.478 e. The fourth-order valence-corrected chi connectivity index (χ4v) is 4.64. The molecule has 3 amide bonds. The largest absolute Gasteiger partial charge is 0.478 e. The highest BCUT2D eigenvalue weighted by Gasteiger charge is 2.27. The van der Waals surface area contributed by atoms with Gasteiger partial charge in [0.05, 0.1) is 17.8 Å². The number of aromatic nitrogens is 3. The molecule has 5 N–H and O–H groups in total. The van der Waals surface area contributed by atoms with E-state index in [0.717, 1.165) is 15.6 Å². The van der Waals surface area contributed by atoms with Crippen molar-refractivity contribution in [2.75, 3.05) is 0 Å². The van der Waals surface area contributed by atoms with E-state index in [1.807, 2.05) is 0 Å². The lowest BCUT2D eigenvalue weighted by Crippen LogP contribution is -2.30. The van der Waals surface area contributed by atoms with Crippen molar-refractivity contribution in [1.82, 2.24) is 25.2 Å². The van der Waals surface area contributed by atoms with Crippen molar-refractivity contribution < 1.29 is 28.7 Å². The maximum absolute atomic E-state index is 13.6. The van der Waals surface area contributed by atoms with E-state index in [-0.39, 0.29) is 40.5 Å². The highest BCUT2D eigenvalue weighted by atomic mass is 19.1. The maximum Gasteiger partial charge on any atom is 0.335 e. The molecule has 0 unspecified atom stereocenters. The lowest BCUT2D eigenvalue weighted by molar-refractivity contribution is 0.0695. The topological polar surface area (TPSA) is 169 Å². The number of aromatic carboxylic acids is 1. The van der Waals surface area contributed by atoms with E-state index < -0.39 is 29.7 Å². The zero-order chi connectivity index (χ0) is 27.8. The van der Waals surface area contributed by atoms with Gasteiger partial charge >= 0.3 is 5.97 Å². The average Bonchev–Trinajstić information content (AvgIpc) is 3.52. The number of hydrogen-bond acceptors (Lipinski definition) is 6. The molecule has 2 heterocycles. The number of halogens is 1. The number of nitrogens with two attached hydrogens (primary N) is 1.